The van der Waals surface area contributed by atoms with Crippen molar-refractivity contribution in [2.24, 2.45) is 0 Å². The van der Waals surface area contributed by atoms with Crippen molar-refractivity contribution in [3.05, 3.63) is 28.8 Å². The second kappa shape index (κ2) is 8.90. The van der Waals surface area contributed by atoms with Crippen LogP contribution in [0.3, 0.4) is 0 Å². The largest absolute Gasteiger partial charge is 0.364 e. The van der Waals surface area contributed by atoms with Gasteiger partial charge in [0.25, 0.3) is 0 Å². The van der Waals surface area contributed by atoms with Gasteiger partial charge in [-0.1, -0.05) is 30.7 Å². The zero-order chi connectivity index (χ0) is 15.8. The molecular formula is C16H26ClN3O. The summed E-state index contributed by atoms with van der Waals surface area (Å²) in [5.74, 6) is -0.000105. The molecule has 0 aromatic heterocycles. The van der Waals surface area contributed by atoms with Crippen LogP contribution >= 0.6 is 11.6 Å². The Labute approximate surface area is 132 Å². The number of anilines is 1. The molecule has 0 atom stereocenters. The second-order valence-electron chi connectivity index (χ2n) is 5.50. The molecule has 1 rings (SSSR count). The van der Waals surface area contributed by atoms with Crippen LogP contribution in [0.5, 0.6) is 0 Å². The number of nitrogens with zero attached hydrogens (tertiary/aromatic N) is 1. The summed E-state index contributed by atoms with van der Waals surface area (Å²) >= 11 is 6.33. The van der Waals surface area contributed by atoms with Gasteiger partial charge in [0.15, 0.2) is 0 Å². The summed E-state index contributed by atoms with van der Waals surface area (Å²) in [7, 11) is 1.89. The minimum absolute atomic E-state index is 0.000105. The van der Waals surface area contributed by atoms with E-state index in [-0.39, 0.29) is 11.9 Å². The molecule has 4 nitrogen and oxygen atoms in total. The fourth-order valence-corrected chi connectivity index (χ4v) is 2.53. The summed E-state index contributed by atoms with van der Waals surface area (Å²) in [5.41, 5.74) is 2.03. The molecule has 0 saturated heterocycles. The second-order valence-corrected chi connectivity index (χ2v) is 5.91. The van der Waals surface area contributed by atoms with Crippen LogP contribution in [-0.2, 0) is 11.3 Å². The van der Waals surface area contributed by atoms with Crippen LogP contribution in [0.2, 0.25) is 5.02 Å². The van der Waals surface area contributed by atoms with Crippen molar-refractivity contribution in [3.8, 4) is 0 Å². The third kappa shape index (κ3) is 5.94. The van der Waals surface area contributed by atoms with E-state index in [0.29, 0.717) is 11.6 Å². The summed E-state index contributed by atoms with van der Waals surface area (Å²) < 4.78 is 0. The first-order valence-corrected chi connectivity index (χ1v) is 7.82. The van der Waals surface area contributed by atoms with Gasteiger partial charge in [-0.05, 0) is 38.4 Å². The topological polar surface area (TPSA) is 44.4 Å². The molecule has 5 heteroatoms. The van der Waals surface area contributed by atoms with Crippen molar-refractivity contribution >= 4 is 23.2 Å². The van der Waals surface area contributed by atoms with Gasteiger partial charge in [0, 0.05) is 19.6 Å². The lowest BCUT2D eigenvalue weighted by molar-refractivity contribution is -0.120. The van der Waals surface area contributed by atoms with E-state index in [4.69, 9.17) is 11.6 Å². The molecule has 2 N–H and O–H groups in total. The zero-order valence-corrected chi connectivity index (χ0v) is 14.1. The van der Waals surface area contributed by atoms with Gasteiger partial charge in [-0.15, -0.1) is 0 Å². The molecule has 0 saturated carbocycles. The van der Waals surface area contributed by atoms with E-state index in [1.54, 1.807) is 0 Å². The van der Waals surface area contributed by atoms with Crippen LogP contribution in [0.25, 0.3) is 0 Å². The Morgan fingerprint density at radius 2 is 2.10 bits per heavy atom. The Morgan fingerprint density at radius 1 is 1.38 bits per heavy atom. The van der Waals surface area contributed by atoms with Gasteiger partial charge in [-0.2, -0.15) is 0 Å². The lowest BCUT2D eigenvalue weighted by atomic mass is 10.1. The Hall–Kier alpha value is -1.26. The third-order valence-electron chi connectivity index (χ3n) is 3.02. The van der Waals surface area contributed by atoms with Crippen molar-refractivity contribution in [1.82, 2.24) is 10.6 Å². The summed E-state index contributed by atoms with van der Waals surface area (Å²) in [6.07, 6.45) is 1.09. The number of carbonyl (C=O) groups excluding carboxylic acids is 1. The monoisotopic (exact) mass is 311 g/mol. The first-order chi connectivity index (χ1) is 9.95. The fraction of sp³-hybridized carbons (Fsp3) is 0.562. The number of carbonyl (C=O) groups is 1. The molecule has 0 fully saturated rings. The molecule has 0 radical (unpaired) electrons. The molecule has 0 bridgehead atoms. The van der Waals surface area contributed by atoms with Gasteiger partial charge in [0.05, 0.1) is 17.3 Å². The van der Waals surface area contributed by atoms with E-state index in [0.717, 1.165) is 30.8 Å². The number of nitrogens with one attached hydrogen (secondary N) is 2. The van der Waals surface area contributed by atoms with E-state index >= 15 is 0 Å². The van der Waals surface area contributed by atoms with E-state index in [1.165, 1.54) is 0 Å². The molecule has 0 unspecified atom stereocenters. The van der Waals surface area contributed by atoms with Crippen LogP contribution < -0.4 is 15.5 Å². The van der Waals surface area contributed by atoms with E-state index < -0.39 is 0 Å². The molecule has 0 aliphatic rings. The highest BCUT2D eigenvalue weighted by Gasteiger charge is 2.14. The predicted molar refractivity (Wildman–Crippen MR) is 90.0 cm³/mol. The van der Waals surface area contributed by atoms with Crippen molar-refractivity contribution in [2.75, 3.05) is 25.0 Å². The molecule has 118 valence electrons. The Balaban J connectivity index is 2.81. The molecule has 1 aromatic rings. The van der Waals surface area contributed by atoms with Gasteiger partial charge in [-0.25, -0.2) is 0 Å². The lowest BCUT2D eigenvalue weighted by Crippen LogP contribution is -2.39. The molecule has 1 aromatic carbocycles. The molecule has 21 heavy (non-hydrogen) atoms. The standard InChI is InChI=1S/C16H26ClN3O/c1-5-9-18-10-13-7-6-8-14(17)16(13)20(4)11-15(21)19-12(2)3/h6-8,12,18H,5,9-11H2,1-4H3,(H,19,21). The number of likely N-dealkylation sites (N-methyl/N-ethyl adjacent to an activating group) is 1. The van der Waals surface area contributed by atoms with E-state index in [9.17, 15) is 4.79 Å². The van der Waals surface area contributed by atoms with Gasteiger partial charge in [0.1, 0.15) is 0 Å². The van der Waals surface area contributed by atoms with Crippen molar-refractivity contribution in [1.29, 1.82) is 0 Å². The number of rotatable bonds is 8. The highest BCUT2D eigenvalue weighted by Crippen LogP contribution is 2.29. The lowest BCUT2D eigenvalue weighted by Gasteiger charge is -2.24. The summed E-state index contributed by atoms with van der Waals surface area (Å²) in [6.45, 7) is 8.04. The van der Waals surface area contributed by atoms with Gasteiger partial charge in [0.2, 0.25) is 5.91 Å². The van der Waals surface area contributed by atoms with Crippen molar-refractivity contribution in [2.45, 2.75) is 39.8 Å². The highest BCUT2D eigenvalue weighted by molar-refractivity contribution is 6.33. The van der Waals surface area contributed by atoms with Gasteiger partial charge >= 0.3 is 0 Å². The fourth-order valence-electron chi connectivity index (χ4n) is 2.19. The summed E-state index contributed by atoms with van der Waals surface area (Å²) in [4.78, 5) is 13.8. The normalized spacial score (nSPS) is 10.8. The minimum Gasteiger partial charge on any atom is -0.364 e. The maximum atomic E-state index is 11.9. The van der Waals surface area contributed by atoms with Crippen LogP contribution in [0, 0.1) is 0 Å². The maximum Gasteiger partial charge on any atom is 0.239 e. The number of para-hydroxylation sites is 1. The number of halogens is 1. The predicted octanol–water partition coefficient (Wildman–Crippen LogP) is 2.80. The molecular weight excluding hydrogens is 286 g/mol. The quantitative estimate of drug-likeness (QED) is 0.726. The smallest absolute Gasteiger partial charge is 0.239 e. The molecule has 0 heterocycles. The molecule has 0 aliphatic heterocycles. The van der Waals surface area contributed by atoms with Gasteiger partial charge < -0.3 is 15.5 Å². The Bertz CT molecular complexity index is 463. The highest BCUT2D eigenvalue weighted by atomic mass is 35.5. The number of hydrogen-bond donors (Lipinski definition) is 2. The molecule has 0 spiro atoms. The summed E-state index contributed by atoms with van der Waals surface area (Å²) in [5, 5.41) is 6.94. The first-order valence-electron chi connectivity index (χ1n) is 7.44. The molecule has 1 amide bonds. The molecule has 0 aliphatic carbocycles. The van der Waals surface area contributed by atoms with Crippen LogP contribution in [-0.4, -0.2) is 32.1 Å². The van der Waals surface area contributed by atoms with Crippen molar-refractivity contribution < 1.29 is 4.79 Å². The van der Waals surface area contributed by atoms with Crippen LogP contribution in [0.4, 0.5) is 5.69 Å². The number of amides is 1. The Morgan fingerprint density at radius 3 is 2.71 bits per heavy atom. The average molecular weight is 312 g/mol. The van der Waals surface area contributed by atoms with Gasteiger partial charge in [-0.3, -0.25) is 4.79 Å². The SMILES string of the molecule is CCCNCc1cccc(Cl)c1N(C)CC(=O)NC(C)C. The van der Waals surface area contributed by atoms with Crippen molar-refractivity contribution in [3.63, 3.8) is 0 Å². The minimum atomic E-state index is -0.000105. The van der Waals surface area contributed by atoms with E-state index in [2.05, 4.69) is 17.6 Å². The first kappa shape index (κ1) is 17.8. The third-order valence-corrected chi connectivity index (χ3v) is 3.33. The summed E-state index contributed by atoms with van der Waals surface area (Å²) in [6, 6.07) is 5.98. The number of benzene rings is 1. The average Bonchev–Trinajstić information content (AvgIpc) is 2.37. The zero-order valence-electron chi connectivity index (χ0n) is 13.4. The van der Waals surface area contributed by atoms with Crippen LogP contribution in [0.1, 0.15) is 32.8 Å². The maximum absolute atomic E-state index is 11.9. The number of hydrogen-bond acceptors (Lipinski definition) is 3. The van der Waals surface area contributed by atoms with E-state index in [1.807, 2.05) is 44.0 Å². The van der Waals surface area contributed by atoms with Crippen LogP contribution in [0.15, 0.2) is 18.2 Å². The Kier molecular flexibility index (Phi) is 7.54.